The van der Waals surface area contributed by atoms with E-state index >= 15 is 0 Å². The van der Waals surface area contributed by atoms with Crippen molar-refractivity contribution in [1.82, 2.24) is 0 Å². The first kappa shape index (κ1) is 17.4. The number of nitrogens with two attached hydrogens (primary N) is 1. The van der Waals surface area contributed by atoms with E-state index < -0.39 is 0 Å². The zero-order valence-corrected chi connectivity index (χ0v) is 15.5. The van der Waals surface area contributed by atoms with Crippen LogP contribution in [0.2, 0.25) is 0 Å². The minimum Gasteiger partial charge on any atom is -0.383 e. The molecular weight excluding hydrogens is 344 g/mol. The molecule has 0 aliphatic heterocycles. The van der Waals surface area contributed by atoms with Crippen LogP contribution in [-0.4, -0.2) is 10.2 Å². The van der Waals surface area contributed by atoms with E-state index in [1.54, 1.807) is 0 Å². The van der Waals surface area contributed by atoms with E-state index in [1.165, 1.54) is 22.9 Å². The van der Waals surface area contributed by atoms with Crippen molar-refractivity contribution < 1.29 is 0 Å². The van der Waals surface area contributed by atoms with E-state index in [1.807, 2.05) is 54.6 Å². The highest BCUT2D eigenvalue weighted by atomic mass is 32.2. The molecule has 0 bridgehead atoms. The lowest BCUT2D eigenvalue weighted by Crippen LogP contribution is -2.14. The molecule has 0 aliphatic rings. The van der Waals surface area contributed by atoms with Crippen LogP contribution in [0.4, 0.5) is 0 Å². The molecule has 4 heteroatoms. The summed E-state index contributed by atoms with van der Waals surface area (Å²) in [7, 11) is 0. The fourth-order valence-corrected chi connectivity index (χ4v) is 3.36. The molecule has 3 aromatic carbocycles. The Balaban J connectivity index is 1.71. The van der Waals surface area contributed by atoms with Crippen molar-refractivity contribution in [2.75, 3.05) is 0 Å². The molecule has 2 nitrogen and oxygen atoms in total. The molecule has 0 atom stereocenters. The quantitative estimate of drug-likeness (QED) is 0.292. The summed E-state index contributed by atoms with van der Waals surface area (Å²) in [6.45, 7) is 2.06. The van der Waals surface area contributed by atoms with Crippen LogP contribution in [0.3, 0.4) is 0 Å². The van der Waals surface area contributed by atoms with E-state index in [0.717, 1.165) is 16.0 Å². The Morgan fingerprint density at radius 1 is 0.840 bits per heavy atom. The summed E-state index contributed by atoms with van der Waals surface area (Å²) in [5.41, 5.74) is 10.5. The molecule has 0 amide bonds. The molecule has 124 valence electrons. The number of thioether (sulfide) groups is 1. The molecule has 3 rings (SSSR count). The molecule has 0 aromatic heterocycles. The second-order valence-electron chi connectivity index (χ2n) is 5.62. The topological polar surface area (TPSA) is 38.4 Å². The van der Waals surface area contributed by atoms with Crippen molar-refractivity contribution in [1.29, 1.82) is 0 Å². The van der Waals surface area contributed by atoms with Crippen LogP contribution in [0.1, 0.15) is 11.1 Å². The lowest BCUT2D eigenvalue weighted by atomic mass is 10.0. The lowest BCUT2D eigenvalue weighted by molar-refractivity contribution is 1.38. The SMILES string of the molecule is Cc1ccc(SC(=S)/N=C(\N)c2ccc(-c3ccccc3)cc2)cc1. The van der Waals surface area contributed by atoms with E-state index in [9.17, 15) is 0 Å². The number of nitrogens with zero attached hydrogens (tertiary/aromatic N) is 1. The summed E-state index contributed by atoms with van der Waals surface area (Å²) >= 11 is 6.78. The van der Waals surface area contributed by atoms with E-state index in [-0.39, 0.29) is 0 Å². The van der Waals surface area contributed by atoms with Crippen LogP contribution in [0, 0.1) is 6.92 Å². The van der Waals surface area contributed by atoms with Gasteiger partial charge in [0.05, 0.1) is 0 Å². The summed E-state index contributed by atoms with van der Waals surface area (Å²) < 4.78 is 0.508. The number of thiocarbonyl (C=S) groups is 1. The van der Waals surface area contributed by atoms with Gasteiger partial charge in [0.15, 0.2) is 4.32 Å². The van der Waals surface area contributed by atoms with E-state index in [4.69, 9.17) is 18.0 Å². The fourth-order valence-electron chi connectivity index (χ4n) is 2.36. The van der Waals surface area contributed by atoms with Crippen LogP contribution in [-0.2, 0) is 0 Å². The molecule has 0 saturated carbocycles. The van der Waals surface area contributed by atoms with Crippen molar-refractivity contribution in [3.63, 3.8) is 0 Å². The van der Waals surface area contributed by atoms with Gasteiger partial charge in [0.25, 0.3) is 0 Å². The normalized spacial score (nSPS) is 11.3. The summed E-state index contributed by atoms with van der Waals surface area (Å²) in [5.74, 6) is 0.434. The van der Waals surface area contributed by atoms with Crippen LogP contribution < -0.4 is 5.73 Å². The molecule has 0 heterocycles. The molecule has 0 fully saturated rings. The lowest BCUT2D eigenvalue weighted by Gasteiger charge is -2.05. The van der Waals surface area contributed by atoms with Crippen LogP contribution in [0.25, 0.3) is 11.1 Å². The summed E-state index contributed by atoms with van der Waals surface area (Å²) in [5, 5.41) is 0. The second-order valence-corrected chi connectivity index (χ2v) is 7.33. The Morgan fingerprint density at radius 2 is 1.44 bits per heavy atom. The predicted octanol–water partition coefficient (Wildman–Crippen LogP) is 5.44. The largest absolute Gasteiger partial charge is 0.383 e. The van der Waals surface area contributed by atoms with Gasteiger partial charge in [0.2, 0.25) is 0 Å². The molecule has 0 unspecified atom stereocenters. The zero-order valence-electron chi connectivity index (χ0n) is 13.8. The van der Waals surface area contributed by atoms with Gasteiger partial charge >= 0.3 is 0 Å². The van der Waals surface area contributed by atoms with Crippen molar-refractivity contribution in [2.24, 2.45) is 10.7 Å². The molecule has 0 spiro atoms. The Bertz CT molecular complexity index is 883. The second kappa shape index (κ2) is 8.10. The van der Waals surface area contributed by atoms with Crippen LogP contribution >= 0.6 is 24.0 Å². The fraction of sp³-hybridized carbons (Fsp3) is 0.0476. The highest BCUT2D eigenvalue weighted by Gasteiger charge is 2.04. The Labute approximate surface area is 157 Å². The highest BCUT2D eigenvalue weighted by Crippen LogP contribution is 2.22. The molecule has 0 saturated heterocycles. The number of hydrogen-bond acceptors (Lipinski definition) is 2. The summed E-state index contributed by atoms with van der Waals surface area (Å²) in [4.78, 5) is 5.42. The van der Waals surface area contributed by atoms with Gasteiger partial charge in [-0.3, -0.25) is 0 Å². The average Bonchev–Trinajstić information content (AvgIpc) is 2.64. The Kier molecular flexibility index (Phi) is 5.64. The molecule has 2 N–H and O–H groups in total. The standard InChI is InChI=1S/C21H18N2S2/c1-15-7-13-19(14-8-15)25-21(24)23-20(22)18-11-9-17(10-12-18)16-5-3-2-4-6-16/h2-14H,1H3,(H2,22,23,24). The number of rotatable bonds is 3. The zero-order chi connectivity index (χ0) is 17.6. The van der Waals surface area contributed by atoms with Crippen molar-refractivity contribution in [3.05, 3.63) is 90.0 Å². The first-order valence-corrected chi connectivity index (χ1v) is 9.13. The monoisotopic (exact) mass is 362 g/mol. The van der Waals surface area contributed by atoms with Gasteiger partial charge in [-0.2, -0.15) is 0 Å². The average molecular weight is 363 g/mol. The van der Waals surface area contributed by atoms with Crippen LogP contribution in [0.15, 0.2) is 88.8 Å². The van der Waals surface area contributed by atoms with Gasteiger partial charge < -0.3 is 5.73 Å². The van der Waals surface area contributed by atoms with Gasteiger partial charge in [0, 0.05) is 10.5 Å². The minimum absolute atomic E-state index is 0.434. The predicted molar refractivity (Wildman–Crippen MR) is 112 cm³/mol. The van der Waals surface area contributed by atoms with Crippen molar-refractivity contribution >= 4 is 34.1 Å². The number of amidine groups is 1. The smallest absolute Gasteiger partial charge is 0.166 e. The first-order chi connectivity index (χ1) is 12.1. The summed E-state index contributed by atoms with van der Waals surface area (Å²) in [6, 6.07) is 26.4. The number of aryl methyl sites for hydroxylation is 1. The van der Waals surface area contributed by atoms with Gasteiger partial charge in [-0.05, 0) is 30.2 Å². The first-order valence-electron chi connectivity index (χ1n) is 7.90. The van der Waals surface area contributed by atoms with Gasteiger partial charge in [-0.15, -0.1) is 0 Å². The molecule has 0 radical (unpaired) electrons. The van der Waals surface area contributed by atoms with Crippen molar-refractivity contribution in [2.45, 2.75) is 11.8 Å². The Hall–Kier alpha value is -2.43. The number of hydrogen-bond donors (Lipinski definition) is 1. The summed E-state index contributed by atoms with van der Waals surface area (Å²) in [6.07, 6.45) is 0. The molecule has 25 heavy (non-hydrogen) atoms. The minimum atomic E-state index is 0.434. The van der Waals surface area contributed by atoms with Crippen molar-refractivity contribution in [3.8, 4) is 11.1 Å². The third-order valence-electron chi connectivity index (χ3n) is 3.73. The van der Waals surface area contributed by atoms with E-state index in [2.05, 4.69) is 36.2 Å². The Morgan fingerprint density at radius 3 is 2.08 bits per heavy atom. The number of aliphatic imine (C=N–C) groups is 1. The molecule has 3 aromatic rings. The molecule has 0 aliphatic carbocycles. The van der Waals surface area contributed by atoms with E-state index in [0.29, 0.717) is 10.2 Å². The maximum atomic E-state index is 6.11. The van der Waals surface area contributed by atoms with Gasteiger partial charge in [-0.25, -0.2) is 4.99 Å². The molecular formula is C21H18N2S2. The highest BCUT2D eigenvalue weighted by molar-refractivity contribution is 8.23. The van der Waals surface area contributed by atoms with Gasteiger partial charge in [-0.1, -0.05) is 96.3 Å². The number of benzene rings is 3. The van der Waals surface area contributed by atoms with Crippen LogP contribution in [0.5, 0.6) is 0 Å². The third-order valence-corrected chi connectivity index (χ3v) is 4.84. The third kappa shape index (κ3) is 4.78. The maximum Gasteiger partial charge on any atom is 0.166 e. The maximum absolute atomic E-state index is 6.11. The van der Waals surface area contributed by atoms with Gasteiger partial charge in [0.1, 0.15) is 5.84 Å².